The van der Waals surface area contributed by atoms with Gasteiger partial charge in [0.15, 0.2) is 0 Å². The predicted molar refractivity (Wildman–Crippen MR) is 95.1 cm³/mol. The fraction of sp³-hybridized carbons (Fsp3) is 0.0526. The van der Waals surface area contributed by atoms with Crippen LogP contribution in [-0.4, -0.2) is 10.9 Å². The Morgan fingerprint density at radius 3 is 2.46 bits per heavy atom. The number of benzene rings is 2. The quantitative estimate of drug-likeness (QED) is 0.763. The van der Waals surface area contributed by atoms with Crippen LogP contribution < -0.4 is 10.9 Å². The smallest absolute Gasteiger partial charge is 0.261 e. The van der Waals surface area contributed by atoms with E-state index in [4.69, 9.17) is 11.6 Å². The highest BCUT2D eigenvalue weighted by Gasteiger charge is 2.17. The van der Waals surface area contributed by atoms with Crippen LogP contribution in [0.15, 0.2) is 71.7 Å². The number of rotatable bonds is 4. The van der Waals surface area contributed by atoms with Gasteiger partial charge in [0.05, 0.1) is 0 Å². The Balaban J connectivity index is 1.90. The van der Waals surface area contributed by atoms with Crippen molar-refractivity contribution in [1.29, 1.82) is 0 Å². The second-order valence-corrected chi connectivity index (χ2v) is 5.64. The minimum absolute atomic E-state index is 0.0933. The zero-order valence-electron chi connectivity index (χ0n) is 12.8. The van der Waals surface area contributed by atoms with Gasteiger partial charge in [-0.05, 0) is 23.3 Å². The Bertz CT molecular complexity index is 920. The van der Waals surface area contributed by atoms with E-state index < -0.39 is 11.5 Å². The maximum atomic E-state index is 12.6. The molecule has 1 heterocycles. The highest BCUT2D eigenvalue weighted by molar-refractivity contribution is 6.31. The van der Waals surface area contributed by atoms with Gasteiger partial charge in [-0.1, -0.05) is 60.1 Å². The molecule has 4 nitrogen and oxygen atoms in total. The summed E-state index contributed by atoms with van der Waals surface area (Å²) in [6.45, 7) is 0.251. The van der Waals surface area contributed by atoms with E-state index in [0.29, 0.717) is 10.6 Å². The number of amides is 1. The van der Waals surface area contributed by atoms with E-state index in [-0.39, 0.29) is 12.1 Å². The molecule has 0 spiro atoms. The van der Waals surface area contributed by atoms with Gasteiger partial charge < -0.3 is 10.3 Å². The van der Waals surface area contributed by atoms with E-state index in [1.807, 2.05) is 48.5 Å². The molecule has 0 bridgehead atoms. The van der Waals surface area contributed by atoms with Gasteiger partial charge in [0, 0.05) is 23.3 Å². The lowest BCUT2D eigenvalue weighted by atomic mass is 10.0. The molecule has 1 aromatic heterocycles. The number of hydrogen-bond acceptors (Lipinski definition) is 2. The summed E-state index contributed by atoms with van der Waals surface area (Å²) < 4.78 is 0. The predicted octanol–water partition coefficient (Wildman–Crippen LogP) is 3.63. The van der Waals surface area contributed by atoms with Gasteiger partial charge in [0.2, 0.25) is 0 Å². The fourth-order valence-corrected chi connectivity index (χ4v) is 2.67. The van der Waals surface area contributed by atoms with Crippen molar-refractivity contribution in [2.45, 2.75) is 6.54 Å². The van der Waals surface area contributed by atoms with Crippen LogP contribution in [0.3, 0.4) is 0 Å². The standard InChI is InChI=1S/C19H15ClN2O2/c20-16-9-5-4-8-14(16)12-22-19(24)17-15(10-11-21-18(17)23)13-6-2-1-3-7-13/h1-11H,12H2,(H,21,23)(H,22,24). The van der Waals surface area contributed by atoms with Crippen molar-refractivity contribution < 1.29 is 4.79 Å². The summed E-state index contributed by atoms with van der Waals surface area (Å²) in [5.74, 6) is -0.435. The molecule has 1 amide bonds. The molecule has 0 fully saturated rings. The molecule has 2 N–H and O–H groups in total. The molecule has 0 saturated carbocycles. The third-order valence-corrected chi connectivity index (χ3v) is 4.04. The van der Waals surface area contributed by atoms with E-state index in [0.717, 1.165) is 11.1 Å². The second-order valence-electron chi connectivity index (χ2n) is 5.24. The van der Waals surface area contributed by atoms with Crippen LogP contribution in [0.4, 0.5) is 0 Å². The Labute approximate surface area is 144 Å². The number of carbonyl (C=O) groups is 1. The van der Waals surface area contributed by atoms with Gasteiger partial charge in [-0.3, -0.25) is 9.59 Å². The summed E-state index contributed by atoms with van der Waals surface area (Å²) >= 11 is 6.09. The van der Waals surface area contributed by atoms with Crippen molar-refractivity contribution in [3.8, 4) is 11.1 Å². The van der Waals surface area contributed by atoms with Crippen LogP contribution in [0, 0.1) is 0 Å². The molecular weight excluding hydrogens is 324 g/mol. The molecule has 0 saturated heterocycles. The highest BCUT2D eigenvalue weighted by Crippen LogP contribution is 2.21. The first kappa shape index (κ1) is 16.0. The number of H-pyrrole nitrogens is 1. The topological polar surface area (TPSA) is 62.0 Å². The van der Waals surface area contributed by atoms with Crippen LogP contribution in [0.25, 0.3) is 11.1 Å². The normalized spacial score (nSPS) is 10.4. The van der Waals surface area contributed by atoms with Gasteiger partial charge in [0.1, 0.15) is 5.56 Å². The molecule has 0 aliphatic rings. The maximum Gasteiger partial charge on any atom is 0.261 e. The van der Waals surface area contributed by atoms with Crippen molar-refractivity contribution in [2.75, 3.05) is 0 Å². The summed E-state index contributed by atoms with van der Waals surface area (Å²) in [6.07, 6.45) is 1.54. The molecule has 2 aromatic carbocycles. The number of hydrogen-bond donors (Lipinski definition) is 2. The average molecular weight is 339 g/mol. The first-order chi connectivity index (χ1) is 11.7. The first-order valence-corrected chi connectivity index (χ1v) is 7.83. The Morgan fingerprint density at radius 2 is 1.71 bits per heavy atom. The summed E-state index contributed by atoms with van der Waals surface area (Å²) in [5, 5.41) is 3.34. The monoisotopic (exact) mass is 338 g/mol. The molecule has 3 rings (SSSR count). The van der Waals surface area contributed by atoms with Crippen molar-refractivity contribution in [3.05, 3.63) is 93.4 Å². The number of nitrogens with one attached hydrogen (secondary N) is 2. The number of aromatic nitrogens is 1. The number of carbonyl (C=O) groups excluding carboxylic acids is 1. The van der Waals surface area contributed by atoms with E-state index >= 15 is 0 Å². The molecule has 0 unspecified atom stereocenters. The van der Waals surface area contributed by atoms with Gasteiger partial charge >= 0.3 is 0 Å². The third-order valence-electron chi connectivity index (χ3n) is 3.67. The largest absolute Gasteiger partial charge is 0.348 e. The maximum absolute atomic E-state index is 12.6. The third kappa shape index (κ3) is 3.39. The van der Waals surface area contributed by atoms with Crippen LogP contribution in [0.5, 0.6) is 0 Å². The molecule has 0 aliphatic heterocycles. The lowest BCUT2D eigenvalue weighted by molar-refractivity contribution is 0.0950. The van der Waals surface area contributed by atoms with E-state index in [1.165, 1.54) is 6.20 Å². The van der Waals surface area contributed by atoms with E-state index in [1.54, 1.807) is 12.1 Å². The molecule has 0 radical (unpaired) electrons. The zero-order valence-corrected chi connectivity index (χ0v) is 13.5. The van der Waals surface area contributed by atoms with E-state index in [9.17, 15) is 9.59 Å². The van der Waals surface area contributed by atoms with Crippen molar-refractivity contribution in [2.24, 2.45) is 0 Å². The van der Waals surface area contributed by atoms with Gasteiger partial charge in [-0.2, -0.15) is 0 Å². The van der Waals surface area contributed by atoms with Crippen molar-refractivity contribution in [3.63, 3.8) is 0 Å². The Hall–Kier alpha value is -2.85. The molecule has 3 aromatic rings. The lowest BCUT2D eigenvalue weighted by Gasteiger charge is -2.10. The Morgan fingerprint density at radius 1 is 1.00 bits per heavy atom. The van der Waals surface area contributed by atoms with Crippen molar-refractivity contribution >= 4 is 17.5 Å². The number of halogens is 1. The molecule has 5 heteroatoms. The fourth-order valence-electron chi connectivity index (χ4n) is 2.47. The van der Waals surface area contributed by atoms with E-state index in [2.05, 4.69) is 10.3 Å². The summed E-state index contributed by atoms with van der Waals surface area (Å²) in [4.78, 5) is 27.3. The average Bonchev–Trinajstić information content (AvgIpc) is 2.61. The first-order valence-electron chi connectivity index (χ1n) is 7.45. The number of aromatic amines is 1. The van der Waals surface area contributed by atoms with Crippen LogP contribution in [0.1, 0.15) is 15.9 Å². The molecule has 0 atom stereocenters. The van der Waals surface area contributed by atoms with Crippen LogP contribution in [-0.2, 0) is 6.54 Å². The molecule has 120 valence electrons. The van der Waals surface area contributed by atoms with Gasteiger partial charge in [-0.15, -0.1) is 0 Å². The minimum Gasteiger partial charge on any atom is -0.348 e. The van der Waals surface area contributed by atoms with Crippen LogP contribution in [0.2, 0.25) is 5.02 Å². The van der Waals surface area contributed by atoms with Gasteiger partial charge in [-0.25, -0.2) is 0 Å². The van der Waals surface area contributed by atoms with Crippen molar-refractivity contribution in [1.82, 2.24) is 10.3 Å². The zero-order chi connectivity index (χ0) is 16.9. The SMILES string of the molecule is O=C(NCc1ccccc1Cl)c1c(-c2ccccc2)cc[nH]c1=O. The highest BCUT2D eigenvalue weighted by atomic mass is 35.5. The Kier molecular flexibility index (Phi) is 4.77. The van der Waals surface area contributed by atoms with Gasteiger partial charge in [0.25, 0.3) is 11.5 Å². The molecular formula is C19H15ClN2O2. The number of pyridine rings is 1. The molecule has 0 aliphatic carbocycles. The second kappa shape index (κ2) is 7.15. The summed E-state index contributed by atoms with van der Waals surface area (Å²) in [6, 6.07) is 18.3. The summed E-state index contributed by atoms with van der Waals surface area (Å²) in [7, 11) is 0. The lowest BCUT2D eigenvalue weighted by Crippen LogP contribution is -2.30. The summed E-state index contributed by atoms with van der Waals surface area (Å²) in [5.41, 5.74) is 1.87. The molecule has 24 heavy (non-hydrogen) atoms. The minimum atomic E-state index is -0.435. The van der Waals surface area contributed by atoms with Crippen LogP contribution >= 0.6 is 11.6 Å².